The highest BCUT2D eigenvalue weighted by Gasteiger charge is 2.48. The van der Waals surface area contributed by atoms with E-state index in [1.807, 2.05) is 7.05 Å². The van der Waals surface area contributed by atoms with Gasteiger partial charge in [-0.3, -0.25) is 4.68 Å². The first kappa shape index (κ1) is 12.5. The molecule has 1 aliphatic carbocycles. The van der Waals surface area contributed by atoms with Gasteiger partial charge in [-0.25, -0.2) is 0 Å². The van der Waals surface area contributed by atoms with Crippen LogP contribution in [0, 0.1) is 5.41 Å². The summed E-state index contributed by atoms with van der Waals surface area (Å²) in [7, 11) is 1.92. The second-order valence-corrected chi connectivity index (χ2v) is 5.28. The molecule has 0 amide bonds. The van der Waals surface area contributed by atoms with E-state index in [-0.39, 0.29) is 5.41 Å². The lowest BCUT2D eigenvalue weighted by Gasteiger charge is -2.51. The monoisotopic (exact) mass is 238 g/mol. The molecule has 0 radical (unpaired) electrons. The molecule has 2 rings (SSSR count). The van der Waals surface area contributed by atoms with Crippen molar-refractivity contribution in [3.63, 3.8) is 0 Å². The van der Waals surface area contributed by atoms with Gasteiger partial charge in [0, 0.05) is 31.7 Å². The topological polar surface area (TPSA) is 52.0 Å². The van der Waals surface area contributed by atoms with Gasteiger partial charge >= 0.3 is 0 Å². The van der Waals surface area contributed by atoms with Crippen LogP contribution >= 0.6 is 0 Å². The van der Waals surface area contributed by atoms with E-state index in [9.17, 15) is 0 Å². The SMILES string of the molecule is CCOC1CC(NCc2cnnn2C)C1(C)C. The fourth-order valence-electron chi connectivity index (χ4n) is 2.41. The molecule has 0 saturated heterocycles. The normalized spacial score (nSPS) is 26.8. The second kappa shape index (κ2) is 4.74. The Bertz CT molecular complexity index is 374. The third kappa shape index (κ3) is 2.35. The van der Waals surface area contributed by atoms with Gasteiger partial charge in [0.1, 0.15) is 0 Å². The van der Waals surface area contributed by atoms with Crippen molar-refractivity contribution >= 4 is 0 Å². The fourth-order valence-corrected chi connectivity index (χ4v) is 2.41. The Kier molecular flexibility index (Phi) is 3.49. The van der Waals surface area contributed by atoms with Gasteiger partial charge in [0.2, 0.25) is 0 Å². The molecule has 1 heterocycles. The third-order valence-corrected chi connectivity index (χ3v) is 3.88. The van der Waals surface area contributed by atoms with E-state index in [1.165, 1.54) is 0 Å². The van der Waals surface area contributed by atoms with Crippen molar-refractivity contribution in [1.82, 2.24) is 20.3 Å². The molecule has 1 aromatic heterocycles. The molecule has 2 unspecified atom stereocenters. The zero-order valence-electron chi connectivity index (χ0n) is 11.1. The first-order valence-corrected chi connectivity index (χ1v) is 6.24. The largest absolute Gasteiger partial charge is 0.378 e. The van der Waals surface area contributed by atoms with Gasteiger partial charge in [-0.1, -0.05) is 19.1 Å². The zero-order valence-corrected chi connectivity index (χ0v) is 11.1. The number of nitrogens with zero attached hydrogens (tertiary/aromatic N) is 3. The van der Waals surface area contributed by atoms with Crippen LogP contribution in [0.25, 0.3) is 0 Å². The van der Waals surface area contributed by atoms with Crippen LogP contribution in [0.5, 0.6) is 0 Å². The highest BCUT2D eigenvalue weighted by Crippen LogP contribution is 2.42. The number of hydrogen-bond acceptors (Lipinski definition) is 4. The van der Waals surface area contributed by atoms with Crippen LogP contribution in [-0.2, 0) is 18.3 Å². The zero-order chi connectivity index (χ0) is 12.5. The number of hydrogen-bond donors (Lipinski definition) is 1. The van der Waals surface area contributed by atoms with Crippen LogP contribution in [0.3, 0.4) is 0 Å². The summed E-state index contributed by atoms with van der Waals surface area (Å²) in [6.45, 7) is 8.19. The Morgan fingerprint density at radius 1 is 1.59 bits per heavy atom. The summed E-state index contributed by atoms with van der Waals surface area (Å²) in [6, 6.07) is 0.508. The van der Waals surface area contributed by atoms with Gasteiger partial charge in [0.15, 0.2) is 0 Å². The maximum Gasteiger partial charge on any atom is 0.0738 e. The lowest BCUT2D eigenvalue weighted by atomic mass is 9.64. The van der Waals surface area contributed by atoms with Gasteiger partial charge in [0.25, 0.3) is 0 Å². The number of ether oxygens (including phenoxy) is 1. The van der Waals surface area contributed by atoms with Gasteiger partial charge in [-0.2, -0.15) is 0 Å². The Morgan fingerprint density at radius 2 is 2.35 bits per heavy atom. The van der Waals surface area contributed by atoms with E-state index < -0.39 is 0 Å². The molecule has 2 atom stereocenters. The molecule has 17 heavy (non-hydrogen) atoms. The van der Waals surface area contributed by atoms with Gasteiger partial charge < -0.3 is 10.1 Å². The summed E-state index contributed by atoms with van der Waals surface area (Å²) in [4.78, 5) is 0. The Labute approximate surface area is 103 Å². The Balaban J connectivity index is 1.84. The van der Waals surface area contributed by atoms with Crippen LogP contribution < -0.4 is 5.32 Å². The summed E-state index contributed by atoms with van der Waals surface area (Å²) in [5.74, 6) is 0. The molecule has 0 bridgehead atoms. The number of aryl methyl sites for hydroxylation is 1. The minimum Gasteiger partial charge on any atom is -0.378 e. The highest BCUT2D eigenvalue weighted by atomic mass is 16.5. The Morgan fingerprint density at radius 3 is 2.88 bits per heavy atom. The lowest BCUT2D eigenvalue weighted by Crippen LogP contribution is -2.60. The molecule has 1 N–H and O–H groups in total. The first-order chi connectivity index (χ1) is 8.05. The average Bonchev–Trinajstić information content (AvgIpc) is 2.68. The molecule has 5 heteroatoms. The second-order valence-electron chi connectivity index (χ2n) is 5.28. The molecular formula is C12H22N4O. The molecular weight excluding hydrogens is 216 g/mol. The number of nitrogens with one attached hydrogen (secondary N) is 1. The summed E-state index contributed by atoms with van der Waals surface area (Å²) >= 11 is 0. The van der Waals surface area contributed by atoms with E-state index in [2.05, 4.69) is 36.4 Å². The van der Waals surface area contributed by atoms with E-state index in [0.29, 0.717) is 12.1 Å². The number of aromatic nitrogens is 3. The maximum atomic E-state index is 5.71. The summed E-state index contributed by atoms with van der Waals surface area (Å²) in [5.41, 5.74) is 1.32. The van der Waals surface area contributed by atoms with Crippen molar-refractivity contribution in [3.8, 4) is 0 Å². The maximum absolute atomic E-state index is 5.71. The first-order valence-electron chi connectivity index (χ1n) is 6.24. The van der Waals surface area contributed by atoms with E-state index in [1.54, 1.807) is 10.9 Å². The van der Waals surface area contributed by atoms with Crippen LogP contribution in [0.2, 0.25) is 0 Å². The molecule has 1 aromatic rings. The Hall–Kier alpha value is -0.940. The molecule has 1 saturated carbocycles. The fraction of sp³-hybridized carbons (Fsp3) is 0.833. The van der Waals surface area contributed by atoms with Crippen LogP contribution in [0.4, 0.5) is 0 Å². The minimum absolute atomic E-state index is 0.210. The van der Waals surface area contributed by atoms with Crippen LogP contribution in [0.1, 0.15) is 32.9 Å². The summed E-state index contributed by atoms with van der Waals surface area (Å²) in [6.07, 6.45) is 3.28. The molecule has 1 fully saturated rings. The average molecular weight is 238 g/mol. The smallest absolute Gasteiger partial charge is 0.0738 e. The number of rotatable bonds is 5. The van der Waals surface area contributed by atoms with Crippen molar-refractivity contribution in [3.05, 3.63) is 11.9 Å². The molecule has 1 aliphatic rings. The van der Waals surface area contributed by atoms with Crippen LogP contribution in [-0.4, -0.2) is 33.7 Å². The molecule has 5 nitrogen and oxygen atoms in total. The van der Waals surface area contributed by atoms with Crippen molar-refractivity contribution in [2.75, 3.05) is 6.61 Å². The van der Waals surface area contributed by atoms with E-state index in [0.717, 1.165) is 25.3 Å². The van der Waals surface area contributed by atoms with Gasteiger partial charge in [-0.15, -0.1) is 5.10 Å². The van der Waals surface area contributed by atoms with E-state index in [4.69, 9.17) is 4.74 Å². The van der Waals surface area contributed by atoms with Crippen molar-refractivity contribution in [2.24, 2.45) is 12.5 Å². The van der Waals surface area contributed by atoms with Gasteiger partial charge in [0.05, 0.1) is 18.0 Å². The standard InChI is InChI=1S/C12H22N4O/c1-5-17-11-6-10(12(11,2)3)13-7-9-8-14-15-16(9)4/h8,10-11,13H,5-7H2,1-4H3. The van der Waals surface area contributed by atoms with E-state index >= 15 is 0 Å². The molecule has 96 valence electrons. The quantitative estimate of drug-likeness (QED) is 0.835. The van der Waals surface area contributed by atoms with Gasteiger partial charge in [-0.05, 0) is 13.3 Å². The summed E-state index contributed by atoms with van der Waals surface area (Å²) in [5, 5.41) is 11.4. The third-order valence-electron chi connectivity index (χ3n) is 3.88. The summed E-state index contributed by atoms with van der Waals surface area (Å²) < 4.78 is 7.52. The van der Waals surface area contributed by atoms with Crippen molar-refractivity contribution < 1.29 is 4.74 Å². The van der Waals surface area contributed by atoms with Crippen molar-refractivity contribution in [1.29, 1.82) is 0 Å². The molecule has 0 spiro atoms. The van der Waals surface area contributed by atoms with Crippen LogP contribution in [0.15, 0.2) is 6.20 Å². The highest BCUT2D eigenvalue weighted by molar-refractivity contribution is 5.04. The molecule has 0 aromatic carbocycles. The lowest BCUT2D eigenvalue weighted by molar-refractivity contribution is -0.114. The van der Waals surface area contributed by atoms with Crippen molar-refractivity contribution in [2.45, 2.75) is 45.9 Å². The minimum atomic E-state index is 0.210. The predicted octanol–water partition coefficient (Wildman–Crippen LogP) is 1.11. The predicted molar refractivity (Wildman–Crippen MR) is 65.4 cm³/mol. The molecule has 0 aliphatic heterocycles.